The van der Waals surface area contributed by atoms with Gasteiger partial charge in [0.25, 0.3) is 0 Å². The lowest BCUT2D eigenvalue weighted by Crippen LogP contribution is -2.28. The number of aromatic nitrogens is 2. The molecule has 1 aromatic heterocycles. The highest BCUT2D eigenvalue weighted by atomic mass is 35.5. The molecule has 6 heteroatoms. The van der Waals surface area contributed by atoms with E-state index in [1.54, 1.807) is 12.3 Å². The minimum Gasteiger partial charge on any atom is -0.272 e. The van der Waals surface area contributed by atoms with E-state index in [9.17, 15) is 4.39 Å². The van der Waals surface area contributed by atoms with Gasteiger partial charge in [0.1, 0.15) is 5.82 Å². The molecule has 1 atom stereocenters. The van der Waals surface area contributed by atoms with E-state index in [-0.39, 0.29) is 11.9 Å². The summed E-state index contributed by atoms with van der Waals surface area (Å²) in [6.07, 6.45) is 4.65. The van der Waals surface area contributed by atoms with Gasteiger partial charge in [0.2, 0.25) is 0 Å². The van der Waals surface area contributed by atoms with Crippen molar-refractivity contribution in [1.29, 1.82) is 0 Å². The van der Waals surface area contributed by atoms with E-state index in [1.165, 1.54) is 12.1 Å². The molecule has 1 heterocycles. The van der Waals surface area contributed by atoms with Gasteiger partial charge in [-0.3, -0.25) is 10.5 Å². The Hall–Kier alpha value is -1.43. The summed E-state index contributed by atoms with van der Waals surface area (Å²) in [5, 5.41) is 4.59. The third-order valence-corrected chi connectivity index (χ3v) is 3.21. The van der Waals surface area contributed by atoms with Gasteiger partial charge in [-0.05, 0) is 24.1 Å². The molecule has 1 unspecified atom stereocenters. The fraction of sp³-hybridized carbons (Fsp3) is 0.308. The quantitative estimate of drug-likeness (QED) is 0.655. The molecule has 0 aliphatic carbocycles. The summed E-state index contributed by atoms with van der Waals surface area (Å²) in [4.78, 5) is 0. The normalized spacial score (nSPS) is 12.6. The summed E-state index contributed by atoms with van der Waals surface area (Å²) < 4.78 is 14.9. The molecule has 0 saturated carbocycles. The molecule has 0 saturated heterocycles. The van der Waals surface area contributed by atoms with Crippen LogP contribution < -0.4 is 11.3 Å². The molecule has 19 heavy (non-hydrogen) atoms. The second-order valence-corrected chi connectivity index (χ2v) is 4.71. The Kier molecular flexibility index (Phi) is 4.52. The molecule has 0 aliphatic heterocycles. The third kappa shape index (κ3) is 3.12. The number of benzene rings is 1. The SMILES string of the molecule is CCCn1cc(C(NN)c2ccc(F)cc2Cl)cn1. The highest BCUT2D eigenvalue weighted by Gasteiger charge is 2.17. The molecular formula is C13H16ClFN4. The Bertz CT molecular complexity index is 555. The Balaban J connectivity index is 2.32. The van der Waals surface area contributed by atoms with Gasteiger partial charge in [-0.25, -0.2) is 9.82 Å². The van der Waals surface area contributed by atoms with E-state index >= 15 is 0 Å². The van der Waals surface area contributed by atoms with Gasteiger partial charge in [-0.1, -0.05) is 24.6 Å². The molecular weight excluding hydrogens is 267 g/mol. The van der Waals surface area contributed by atoms with E-state index in [0.717, 1.165) is 24.1 Å². The molecule has 0 bridgehead atoms. The average molecular weight is 283 g/mol. The van der Waals surface area contributed by atoms with Crippen molar-refractivity contribution in [3.8, 4) is 0 Å². The van der Waals surface area contributed by atoms with Gasteiger partial charge in [-0.2, -0.15) is 5.10 Å². The first-order valence-corrected chi connectivity index (χ1v) is 6.47. The Labute approximate surface area is 116 Å². The number of hydrazine groups is 1. The number of nitrogens with one attached hydrogen (secondary N) is 1. The van der Waals surface area contributed by atoms with Gasteiger partial charge in [0, 0.05) is 23.3 Å². The van der Waals surface area contributed by atoms with E-state index < -0.39 is 0 Å². The topological polar surface area (TPSA) is 55.9 Å². The van der Waals surface area contributed by atoms with Crippen molar-refractivity contribution in [2.45, 2.75) is 25.9 Å². The smallest absolute Gasteiger partial charge is 0.124 e. The van der Waals surface area contributed by atoms with Gasteiger partial charge in [-0.15, -0.1) is 0 Å². The van der Waals surface area contributed by atoms with Crippen molar-refractivity contribution in [2.75, 3.05) is 0 Å². The Morgan fingerprint density at radius 2 is 2.32 bits per heavy atom. The van der Waals surface area contributed by atoms with Crippen LogP contribution in [0.3, 0.4) is 0 Å². The molecule has 0 radical (unpaired) electrons. The molecule has 0 spiro atoms. The van der Waals surface area contributed by atoms with Crippen molar-refractivity contribution in [2.24, 2.45) is 5.84 Å². The largest absolute Gasteiger partial charge is 0.272 e. The second-order valence-electron chi connectivity index (χ2n) is 4.30. The van der Waals surface area contributed by atoms with Crippen LogP contribution in [0.25, 0.3) is 0 Å². The van der Waals surface area contributed by atoms with Gasteiger partial charge in [0.15, 0.2) is 0 Å². The van der Waals surface area contributed by atoms with Crippen molar-refractivity contribution < 1.29 is 4.39 Å². The van der Waals surface area contributed by atoms with Crippen LogP contribution in [0.2, 0.25) is 5.02 Å². The summed E-state index contributed by atoms with van der Waals surface area (Å²) in [6.45, 7) is 2.92. The molecule has 102 valence electrons. The van der Waals surface area contributed by atoms with Gasteiger partial charge < -0.3 is 0 Å². The molecule has 0 aliphatic rings. The highest BCUT2D eigenvalue weighted by molar-refractivity contribution is 6.31. The standard InChI is InChI=1S/C13H16ClFN4/c1-2-5-19-8-9(7-17-19)13(18-16)11-4-3-10(15)6-12(11)14/h3-4,6-8,13,18H,2,5,16H2,1H3. The maximum absolute atomic E-state index is 13.1. The first-order valence-electron chi connectivity index (χ1n) is 6.09. The van der Waals surface area contributed by atoms with E-state index in [1.807, 2.05) is 10.9 Å². The monoisotopic (exact) mass is 282 g/mol. The van der Waals surface area contributed by atoms with Crippen LogP contribution in [0.4, 0.5) is 4.39 Å². The minimum absolute atomic E-state index is 0.307. The first-order chi connectivity index (χ1) is 9.15. The zero-order valence-electron chi connectivity index (χ0n) is 10.6. The van der Waals surface area contributed by atoms with Crippen LogP contribution >= 0.6 is 11.6 Å². The first kappa shape index (κ1) is 14.0. The average Bonchev–Trinajstić information content (AvgIpc) is 2.82. The zero-order chi connectivity index (χ0) is 13.8. The van der Waals surface area contributed by atoms with E-state index in [0.29, 0.717) is 5.02 Å². The number of nitrogens with two attached hydrogens (primary N) is 1. The summed E-state index contributed by atoms with van der Waals surface area (Å²) in [5.41, 5.74) is 4.31. The molecule has 1 aromatic carbocycles. The van der Waals surface area contributed by atoms with Crippen molar-refractivity contribution >= 4 is 11.6 Å². The molecule has 4 nitrogen and oxygen atoms in total. The zero-order valence-corrected chi connectivity index (χ0v) is 11.4. The van der Waals surface area contributed by atoms with E-state index in [2.05, 4.69) is 17.4 Å². The summed E-state index contributed by atoms with van der Waals surface area (Å²) in [6, 6.07) is 3.96. The lowest BCUT2D eigenvalue weighted by atomic mass is 10.0. The predicted octanol–water partition coefficient (Wildman–Crippen LogP) is 2.64. The fourth-order valence-electron chi connectivity index (χ4n) is 1.98. The number of nitrogens with zero attached hydrogens (tertiary/aromatic N) is 2. The van der Waals surface area contributed by atoms with Crippen LogP contribution in [0.1, 0.15) is 30.5 Å². The van der Waals surface area contributed by atoms with Gasteiger partial charge in [0.05, 0.1) is 12.2 Å². The number of aryl methyl sites for hydroxylation is 1. The van der Waals surface area contributed by atoms with Crippen LogP contribution in [0, 0.1) is 5.82 Å². The lowest BCUT2D eigenvalue weighted by molar-refractivity contribution is 0.597. The minimum atomic E-state index is -0.369. The summed E-state index contributed by atoms with van der Waals surface area (Å²) in [7, 11) is 0. The summed E-state index contributed by atoms with van der Waals surface area (Å²) in [5.74, 6) is 5.22. The van der Waals surface area contributed by atoms with Crippen LogP contribution in [0.5, 0.6) is 0 Å². The lowest BCUT2D eigenvalue weighted by Gasteiger charge is -2.16. The van der Waals surface area contributed by atoms with Crippen molar-refractivity contribution in [3.05, 3.63) is 52.6 Å². The molecule has 2 rings (SSSR count). The van der Waals surface area contributed by atoms with Crippen LogP contribution in [-0.2, 0) is 6.54 Å². The Morgan fingerprint density at radius 1 is 1.53 bits per heavy atom. The van der Waals surface area contributed by atoms with E-state index in [4.69, 9.17) is 17.4 Å². The number of hydrogen-bond donors (Lipinski definition) is 2. The predicted molar refractivity (Wildman–Crippen MR) is 73.1 cm³/mol. The maximum atomic E-state index is 13.1. The Morgan fingerprint density at radius 3 is 2.95 bits per heavy atom. The summed E-state index contributed by atoms with van der Waals surface area (Å²) >= 11 is 6.06. The highest BCUT2D eigenvalue weighted by Crippen LogP contribution is 2.28. The molecule has 2 aromatic rings. The maximum Gasteiger partial charge on any atom is 0.124 e. The van der Waals surface area contributed by atoms with Gasteiger partial charge >= 0.3 is 0 Å². The number of hydrogen-bond acceptors (Lipinski definition) is 3. The van der Waals surface area contributed by atoms with Crippen LogP contribution in [0.15, 0.2) is 30.6 Å². The molecule has 3 N–H and O–H groups in total. The number of rotatable bonds is 5. The van der Waals surface area contributed by atoms with Crippen LogP contribution in [-0.4, -0.2) is 9.78 Å². The fourth-order valence-corrected chi connectivity index (χ4v) is 2.26. The molecule has 0 amide bonds. The second kappa shape index (κ2) is 6.14. The van der Waals surface area contributed by atoms with Crippen molar-refractivity contribution in [1.82, 2.24) is 15.2 Å². The number of halogens is 2. The van der Waals surface area contributed by atoms with Crippen molar-refractivity contribution in [3.63, 3.8) is 0 Å². The third-order valence-electron chi connectivity index (χ3n) is 2.88. The molecule has 0 fully saturated rings.